The van der Waals surface area contributed by atoms with Crippen LogP contribution < -0.4 is 11.1 Å². The van der Waals surface area contributed by atoms with E-state index in [9.17, 15) is 0 Å². The van der Waals surface area contributed by atoms with E-state index in [0.29, 0.717) is 11.8 Å². The van der Waals surface area contributed by atoms with E-state index in [0.717, 1.165) is 25.6 Å². The standard InChI is InChI=1S/C15H33N3/c1-13(2)15(9-16)11-17-10-14(3)12-18-7-5-4-6-8-18/h13-15,17H,4-12,16H2,1-3H3. The number of rotatable bonds is 8. The molecule has 0 amide bonds. The molecule has 1 rings (SSSR count). The van der Waals surface area contributed by atoms with Crippen LogP contribution in [0.2, 0.25) is 0 Å². The molecule has 0 aromatic heterocycles. The number of nitrogens with two attached hydrogens (primary N) is 1. The van der Waals surface area contributed by atoms with Crippen molar-refractivity contribution in [2.75, 3.05) is 39.3 Å². The van der Waals surface area contributed by atoms with Crippen molar-refractivity contribution in [1.82, 2.24) is 10.2 Å². The highest BCUT2D eigenvalue weighted by molar-refractivity contribution is 4.71. The van der Waals surface area contributed by atoms with Gasteiger partial charge < -0.3 is 16.0 Å². The van der Waals surface area contributed by atoms with Crippen molar-refractivity contribution in [2.24, 2.45) is 23.5 Å². The summed E-state index contributed by atoms with van der Waals surface area (Å²) in [6.45, 7) is 13.7. The first-order chi connectivity index (χ1) is 8.63. The lowest BCUT2D eigenvalue weighted by atomic mass is 9.96. The Morgan fingerprint density at radius 3 is 2.28 bits per heavy atom. The van der Waals surface area contributed by atoms with Crippen LogP contribution in [0, 0.1) is 17.8 Å². The molecule has 0 aromatic carbocycles. The molecule has 108 valence electrons. The number of nitrogens with zero attached hydrogens (tertiary/aromatic N) is 1. The average Bonchev–Trinajstić information content (AvgIpc) is 2.35. The molecule has 1 aliphatic heterocycles. The third-order valence-corrected chi connectivity index (χ3v) is 4.16. The van der Waals surface area contributed by atoms with E-state index in [4.69, 9.17) is 5.73 Å². The average molecular weight is 255 g/mol. The van der Waals surface area contributed by atoms with Gasteiger partial charge >= 0.3 is 0 Å². The minimum Gasteiger partial charge on any atom is -0.330 e. The predicted molar refractivity (Wildman–Crippen MR) is 79.7 cm³/mol. The van der Waals surface area contributed by atoms with Crippen molar-refractivity contribution in [3.63, 3.8) is 0 Å². The Labute approximate surface area is 113 Å². The second-order valence-electron chi connectivity index (χ2n) is 6.36. The fraction of sp³-hybridized carbons (Fsp3) is 1.00. The van der Waals surface area contributed by atoms with Gasteiger partial charge in [0.25, 0.3) is 0 Å². The molecule has 0 bridgehead atoms. The van der Waals surface area contributed by atoms with Crippen LogP contribution in [0.3, 0.4) is 0 Å². The minimum absolute atomic E-state index is 0.618. The molecule has 2 atom stereocenters. The number of hydrogen-bond donors (Lipinski definition) is 2. The molecule has 1 aliphatic rings. The van der Waals surface area contributed by atoms with Gasteiger partial charge in [-0.2, -0.15) is 0 Å². The summed E-state index contributed by atoms with van der Waals surface area (Å²) in [6.07, 6.45) is 4.21. The molecule has 3 nitrogen and oxygen atoms in total. The summed E-state index contributed by atoms with van der Waals surface area (Å²) in [5.41, 5.74) is 5.79. The van der Waals surface area contributed by atoms with Crippen LogP contribution >= 0.6 is 0 Å². The summed E-state index contributed by atoms with van der Waals surface area (Å²) in [7, 11) is 0. The highest BCUT2D eigenvalue weighted by atomic mass is 15.1. The first-order valence-corrected chi connectivity index (χ1v) is 7.76. The van der Waals surface area contributed by atoms with Gasteiger partial charge in [-0.3, -0.25) is 0 Å². The van der Waals surface area contributed by atoms with Gasteiger partial charge in [0.05, 0.1) is 0 Å². The highest BCUT2D eigenvalue weighted by Gasteiger charge is 2.14. The lowest BCUT2D eigenvalue weighted by Gasteiger charge is -2.29. The van der Waals surface area contributed by atoms with Crippen molar-refractivity contribution in [1.29, 1.82) is 0 Å². The molecule has 1 fully saturated rings. The first-order valence-electron chi connectivity index (χ1n) is 7.76. The first kappa shape index (κ1) is 15.9. The van der Waals surface area contributed by atoms with Gasteiger partial charge in [0.1, 0.15) is 0 Å². The third-order valence-electron chi connectivity index (χ3n) is 4.16. The summed E-state index contributed by atoms with van der Waals surface area (Å²) in [5, 5.41) is 3.60. The summed E-state index contributed by atoms with van der Waals surface area (Å²) >= 11 is 0. The smallest absolute Gasteiger partial charge is 0.00191 e. The molecular formula is C15H33N3. The van der Waals surface area contributed by atoms with E-state index >= 15 is 0 Å². The Hall–Kier alpha value is -0.120. The molecule has 18 heavy (non-hydrogen) atoms. The van der Waals surface area contributed by atoms with Crippen LogP contribution in [0.5, 0.6) is 0 Å². The van der Waals surface area contributed by atoms with Crippen molar-refractivity contribution >= 4 is 0 Å². The molecule has 2 unspecified atom stereocenters. The largest absolute Gasteiger partial charge is 0.330 e. The van der Waals surface area contributed by atoms with E-state index in [-0.39, 0.29) is 0 Å². The maximum atomic E-state index is 5.79. The molecular weight excluding hydrogens is 222 g/mol. The molecule has 0 aliphatic carbocycles. The van der Waals surface area contributed by atoms with Gasteiger partial charge in [-0.1, -0.05) is 27.2 Å². The summed E-state index contributed by atoms with van der Waals surface area (Å²) in [6, 6.07) is 0. The van der Waals surface area contributed by atoms with Gasteiger partial charge in [0, 0.05) is 6.54 Å². The number of likely N-dealkylation sites (tertiary alicyclic amines) is 1. The molecule has 1 heterocycles. The summed E-state index contributed by atoms with van der Waals surface area (Å²) in [5.74, 6) is 2.04. The Balaban J connectivity index is 2.10. The maximum absolute atomic E-state index is 5.79. The SMILES string of the molecule is CC(CNCC(CN)C(C)C)CN1CCCCC1. The molecule has 0 aromatic rings. The second-order valence-corrected chi connectivity index (χ2v) is 6.36. The van der Waals surface area contributed by atoms with E-state index in [1.54, 1.807) is 0 Å². The molecule has 0 spiro atoms. The van der Waals surface area contributed by atoms with E-state index in [2.05, 4.69) is 31.0 Å². The molecule has 3 heteroatoms. The number of piperidine rings is 1. The molecule has 3 N–H and O–H groups in total. The summed E-state index contributed by atoms with van der Waals surface area (Å²) < 4.78 is 0. The van der Waals surface area contributed by atoms with Gasteiger partial charge in [-0.05, 0) is 63.3 Å². The van der Waals surface area contributed by atoms with Crippen molar-refractivity contribution in [2.45, 2.75) is 40.0 Å². The van der Waals surface area contributed by atoms with Crippen molar-refractivity contribution in [3.05, 3.63) is 0 Å². The zero-order chi connectivity index (χ0) is 13.4. The van der Waals surface area contributed by atoms with Crippen molar-refractivity contribution in [3.8, 4) is 0 Å². The minimum atomic E-state index is 0.618. The monoisotopic (exact) mass is 255 g/mol. The fourth-order valence-electron chi connectivity index (χ4n) is 2.75. The molecule has 1 saturated heterocycles. The number of nitrogens with one attached hydrogen (secondary N) is 1. The zero-order valence-corrected chi connectivity index (χ0v) is 12.6. The normalized spacial score (nSPS) is 21.2. The van der Waals surface area contributed by atoms with Gasteiger partial charge in [0.2, 0.25) is 0 Å². The Bertz CT molecular complexity index is 200. The van der Waals surface area contributed by atoms with Crippen LogP contribution in [-0.4, -0.2) is 44.2 Å². The van der Waals surface area contributed by atoms with Crippen LogP contribution in [0.4, 0.5) is 0 Å². The summed E-state index contributed by atoms with van der Waals surface area (Å²) in [4.78, 5) is 2.62. The van der Waals surface area contributed by atoms with Gasteiger partial charge in [-0.25, -0.2) is 0 Å². The Morgan fingerprint density at radius 1 is 1.06 bits per heavy atom. The van der Waals surface area contributed by atoms with Gasteiger partial charge in [-0.15, -0.1) is 0 Å². The lowest BCUT2D eigenvalue weighted by Crippen LogP contribution is -2.39. The van der Waals surface area contributed by atoms with Crippen LogP contribution in [0.15, 0.2) is 0 Å². The topological polar surface area (TPSA) is 41.3 Å². The third kappa shape index (κ3) is 6.17. The van der Waals surface area contributed by atoms with E-state index in [1.165, 1.54) is 38.9 Å². The Morgan fingerprint density at radius 2 is 1.72 bits per heavy atom. The molecule has 0 saturated carbocycles. The quantitative estimate of drug-likeness (QED) is 0.696. The molecule has 0 radical (unpaired) electrons. The van der Waals surface area contributed by atoms with Crippen LogP contribution in [0.25, 0.3) is 0 Å². The number of hydrogen-bond acceptors (Lipinski definition) is 3. The fourth-order valence-corrected chi connectivity index (χ4v) is 2.75. The van der Waals surface area contributed by atoms with Gasteiger partial charge in [0.15, 0.2) is 0 Å². The predicted octanol–water partition coefficient (Wildman–Crippen LogP) is 1.93. The second kappa shape index (κ2) is 8.89. The van der Waals surface area contributed by atoms with Crippen LogP contribution in [-0.2, 0) is 0 Å². The lowest BCUT2D eigenvalue weighted by molar-refractivity contribution is 0.197. The van der Waals surface area contributed by atoms with Crippen molar-refractivity contribution < 1.29 is 0 Å². The maximum Gasteiger partial charge on any atom is 0.00191 e. The van der Waals surface area contributed by atoms with E-state index < -0.39 is 0 Å². The van der Waals surface area contributed by atoms with E-state index in [1.807, 2.05) is 0 Å². The zero-order valence-electron chi connectivity index (χ0n) is 12.6. The van der Waals surface area contributed by atoms with Crippen LogP contribution in [0.1, 0.15) is 40.0 Å². The highest BCUT2D eigenvalue weighted by Crippen LogP contribution is 2.11. The Kier molecular flexibility index (Phi) is 7.87.